The van der Waals surface area contributed by atoms with Gasteiger partial charge >= 0.3 is 5.97 Å². The van der Waals surface area contributed by atoms with Gasteiger partial charge in [-0.25, -0.2) is 4.79 Å². The lowest BCUT2D eigenvalue weighted by Gasteiger charge is -2.28. The Kier molecular flexibility index (Phi) is 3.81. The van der Waals surface area contributed by atoms with Crippen molar-refractivity contribution in [1.29, 1.82) is 0 Å². The Morgan fingerprint density at radius 2 is 2.00 bits per heavy atom. The highest BCUT2D eigenvalue weighted by atomic mass is 16.4. The Bertz CT molecular complexity index is 602. The number of hydrogen-bond acceptors (Lipinski definition) is 4. The van der Waals surface area contributed by atoms with Gasteiger partial charge in [0.05, 0.1) is 17.3 Å². The molecular formula is C15H17N3O2. The first-order valence-corrected chi connectivity index (χ1v) is 6.30. The highest BCUT2D eigenvalue weighted by molar-refractivity contribution is 5.87. The summed E-state index contributed by atoms with van der Waals surface area (Å²) < 4.78 is 0. The quantitative estimate of drug-likeness (QED) is 0.828. The topological polar surface area (TPSA) is 88.0 Å². The molecule has 0 aromatic heterocycles. The van der Waals surface area contributed by atoms with Crippen molar-refractivity contribution in [3.05, 3.63) is 53.6 Å². The van der Waals surface area contributed by atoms with E-state index in [0.29, 0.717) is 5.69 Å². The molecule has 5 nitrogen and oxygen atoms in total. The van der Waals surface area contributed by atoms with Crippen molar-refractivity contribution >= 4 is 11.7 Å². The van der Waals surface area contributed by atoms with Gasteiger partial charge in [-0.1, -0.05) is 23.8 Å². The van der Waals surface area contributed by atoms with E-state index >= 15 is 0 Å². The number of azo groups is 1. The highest BCUT2D eigenvalue weighted by Gasteiger charge is 2.29. The maximum Gasteiger partial charge on any atom is 0.335 e. The van der Waals surface area contributed by atoms with E-state index < -0.39 is 11.5 Å². The summed E-state index contributed by atoms with van der Waals surface area (Å²) >= 11 is 0. The highest BCUT2D eigenvalue weighted by Crippen LogP contribution is 2.26. The third-order valence-electron chi connectivity index (χ3n) is 3.30. The number of hydrogen-bond donors (Lipinski definition) is 2. The zero-order valence-corrected chi connectivity index (χ0v) is 11.4. The first-order valence-electron chi connectivity index (χ1n) is 6.30. The molecule has 1 aromatic carbocycles. The molecule has 3 N–H and O–H groups in total. The molecule has 1 aromatic rings. The maximum atomic E-state index is 10.8. The number of rotatable bonds is 3. The molecule has 1 aliphatic carbocycles. The van der Waals surface area contributed by atoms with Gasteiger partial charge in [-0.2, -0.15) is 10.2 Å². The monoisotopic (exact) mass is 271 g/mol. The molecule has 0 bridgehead atoms. The Morgan fingerprint density at radius 3 is 2.55 bits per heavy atom. The van der Waals surface area contributed by atoms with Gasteiger partial charge in [0.1, 0.15) is 5.54 Å². The fraction of sp³-hybridized carbons (Fsp3) is 0.267. The van der Waals surface area contributed by atoms with Gasteiger partial charge in [0.2, 0.25) is 0 Å². The molecule has 0 radical (unpaired) electrons. The molecule has 0 amide bonds. The Labute approximate surface area is 117 Å². The van der Waals surface area contributed by atoms with E-state index in [1.54, 1.807) is 12.1 Å². The second-order valence-electron chi connectivity index (χ2n) is 5.05. The molecule has 104 valence electrons. The van der Waals surface area contributed by atoms with Crippen LogP contribution in [0.1, 0.15) is 24.2 Å². The van der Waals surface area contributed by atoms with Crippen LogP contribution in [0.3, 0.4) is 0 Å². The van der Waals surface area contributed by atoms with Crippen LogP contribution in [-0.4, -0.2) is 22.7 Å². The zero-order valence-electron chi connectivity index (χ0n) is 11.4. The smallest absolute Gasteiger partial charge is 0.335 e. The minimum atomic E-state index is -0.960. The standard InChI is InChI=1S/C15H17N3O2/c1-10-7-8-15(2,13(16)9-10)18-17-12-5-3-11(4-6-12)14(19)20/h3-9,13H,16H2,1-2H3,(H,19,20). The Morgan fingerprint density at radius 1 is 1.35 bits per heavy atom. The summed E-state index contributed by atoms with van der Waals surface area (Å²) in [6, 6.07) is 6.01. The molecule has 0 saturated heterocycles. The second-order valence-corrected chi connectivity index (χ2v) is 5.05. The summed E-state index contributed by atoms with van der Waals surface area (Å²) in [5, 5.41) is 17.3. The van der Waals surface area contributed by atoms with E-state index in [1.807, 2.05) is 32.1 Å². The van der Waals surface area contributed by atoms with Crippen molar-refractivity contribution in [2.24, 2.45) is 16.0 Å². The lowest BCUT2D eigenvalue weighted by molar-refractivity contribution is 0.0697. The number of carboxylic acids is 1. The molecule has 20 heavy (non-hydrogen) atoms. The first-order chi connectivity index (χ1) is 9.40. The van der Waals surface area contributed by atoms with E-state index in [2.05, 4.69) is 10.2 Å². The van der Waals surface area contributed by atoms with Crippen LogP contribution in [0.15, 0.2) is 58.3 Å². The molecule has 0 fully saturated rings. The molecule has 0 heterocycles. The minimum Gasteiger partial charge on any atom is -0.478 e. The first kappa shape index (κ1) is 14.1. The summed E-state index contributed by atoms with van der Waals surface area (Å²) in [5.74, 6) is -0.960. The van der Waals surface area contributed by atoms with Crippen LogP contribution in [-0.2, 0) is 0 Å². The number of nitrogens with two attached hydrogens (primary N) is 1. The predicted molar refractivity (Wildman–Crippen MR) is 77.2 cm³/mol. The van der Waals surface area contributed by atoms with Crippen LogP contribution in [0.2, 0.25) is 0 Å². The fourth-order valence-corrected chi connectivity index (χ4v) is 1.85. The Balaban J connectivity index is 2.17. The van der Waals surface area contributed by atoms with Crippen molar-refractivity contribution in [3.63, 3.8) is 0 Å². The predicted octanol–water partition coefficient (Wildman–Crippen LogP) is 3.07. The average Bonchev–Trinajstić information content (AvgIpc) is 2.42. The number of aromatic carboxylic acids is 1. The summed E-state index contributed by atoms with van der Waals surface area (Å²) in [6.07, 6.45) is 5.85. The van der Waals surface area contributed by atoms with Crippen LogP contribution in [0, 0.1) is 0 Å². The normalized spacial score (nSPS) is 25.8. The molecule has 2 unspecified atom stereocenters. The van der Waals surface area contributed by atoms with E-state index in [-0.39, 0.29) is 11.6 Å². The summed E-state index contributed by atoms with van der Waals surface area (Å²) in [6.45, 7) is 3.89. The SMILES string of the molecule is CC1=CC(N)C(C)(N=Nc2ccc(C(=O)O)cc2)C=C1. The maximum absolute atomic E-state index is 10.8. The molecule has 0 aliphatic heterocycles. The molecule has 0 spiro atoms. The van der Waals surface area contributed by atoms with Gasteiger partial charge in [-0.05, 0) is 38.1 Å². The van der Waals surface area contributed by atoms with Gasteiger partial charge in [-0.15, -0.1) is 0 Å². The van der Waals surface area contributed by atoms with E-state index in [0.717, 1.165) is 5.57 Å². The number of carboxylic acid groups (broad SMARTS) is 1. The molecule has 1 aliphatic rings. The lowest BCUT2D eigenvalue weighted by Crippen LogP contribution is -2.42. The fourth-order valence-electron chi connectivity index (χ4n) is 1.85. The van der Waals surface area contributed by atoms with E-state index in [1.165, 1.54) is 12.1 Å². The van der Waals surface area contributed by atoms with Crippen LogP contribution in [0.5, 0.6) is 0 Å². The average molecular weight is 271 g/mol. The minimum absolute atomic E-state index is 0.225. The molecular weight excluding hydrogens is 254 g/mol. The van der Waals surface area contributed by atoms with Crippen molar-refractivity contribution in [2.45, 2.75) is 25.4 Å². The van der Waals surface area contributed by atoms with Crippen molar-refractivity contribution in [1.82, 2.24) is 0 Å². The van der Waals surface area contributed by atoms with Gasteiger partial charge in [0.25, 0.3) is 0 Å². The summed E-state index contributed by atoms with van der Waals surface area (Å²) in [5.41, 5.74) is 7.43. The van der Waals surface area contributed by atoms with Gasteiger partial charge in [0, 0.05) is 0 Å². The lowest BCUT2D eigenvalue weighted by atomic mass is 9.87. The number of benzene rings is 1. The van der Waals surface area contributed by atoms with Crippen molar-refractivity contribution in [3.8, 4) is 0 Å². The number of allylic oxidation sites excluding steroid dienone is 2. The molecule has 0 saturated carbocycles. The third kappa shape index (κ3) is 3.00. The van der Waals surface area contributed by atoms with Crippen LogP contribution in [0.25, 0.3) is 0 Å². The molecule has 2 rings (SSSR count). The van der Waals surface area contributed by atoms with Crippen molar-refractivity contribution < 1.29 is 9.90 Å². The van der Waals surface area contributed by atoms with Crippen molar-refractivity contribution in [2.75, 3.05) is 0 Å². The Hall–Kier alpha value is -2.27. The van der Waals surface area contributed by atoms with Gasteiger partial charge < -0.3 is 10.8 Å². The number of nitrogens with zero attached hydrogens (tertiary/aromatic N) is 2. The molecule has 5 heteroatoms. The van der Waals surface area contributed by atoms with Crippen LogP contribution in [0.4, 0.5) is 5.69 Å². The summed E-state index contributed by atoms with van der Waals surface area (Å²) in [4.78, 5) is 10.8. The van der Waals surface area contributed by atoms with E-state index in [9.17, 15) is 4.79 Å². The largest absolute Gasteiger partial charge is 0.478 e. The number of carbonyl (C=O) groups is 1. The van der Waals surface area contributed by atoms with Gasteiger partial charge in [0.15, 0.2) is 0 Å². The van der Waals surface area contributed by atoms with Gasteiger partial charge in [-0.3, -0.25) is 0 Å². The zero-order chi connectivity index (χ0) is 14.8. The third-order valence-corrected chi connectivity index (χ3v) is 3.30. The van der Waals surface area contributed by atoms with E-state index in [4.69, 9.17) is 10.8 Å². The van der Waals surface area contributed by atoms with Crippen LogP contribution < -0.4 is 5.73 Å². The molecule has 2 atom stereocenters. The second kappa shape index (κ2) is 5.38. The van der Waals surface area contributed by atoms with Crippen LogP contribution >= 0.6 is 0 Å². The summed E-state index contributed by atoms with van der Waals surface area (Å²) in [7, 11) is 0.